The number of hydrogen-bond acceptors (Lipinski definition) is 5. The predicted octanol–water partition coefficient (Wildman–Crippen LogP) is -1.63. The normalized spacial score (nSPS) is 9.53. The highest BCUT2D eigenvalue weighted by Crippen LogP contribution is 1.84. The SMILES string of the molecule is Cl.O=S(O)O.OCCN(CCO)CCO. The molecule has 0 bridgehead atoms. The van der Waals surface area contributed by atoms with Crippen molar-refractivity contribution in [1.82, 2.24) is 4.90 Å². The Bertz CT molecular complexity index is 123. The van der Waals surface area contributed by atoms with E-state index in [1.807, 2.05) is 0 Å². The van der Waals surface area contributed by atoms with Gasteiger partial charge in [-0.2, -0.15) is 4.21 Å². The van der Waals surface area contributed by atoms with Crippen LogP contribution in [-0.2, 0) is 11.4 Å². The Kier molecular flexibility index (Phi) is 22.8. The first kappa shape index (κ1) is 20.6. The Balaban J connectivity index is -0.000000249. The number of aliphatic hydroxyl groups excluding tert-OH is 3. The van der Waals surface area contributed by atoms with Gasteiger partial charge in [0.2, 0.25) is 0 Å². The summed E-state index contributed by atoms with van der Waals surface area (Å²) < 4.78 is 22.8. The van der Waals surface area contributed by atoms with E-state index >= 15 is 0 Å². The molecule has 0 amide bonds. The van der Waals surface area contributed by atoms with E-state index in [9.17, 15) is 0 Å². The fraction of sp³-hybridized carbons (Fsp3) is 1.00. The van der Waals surface area contributed by atoms with Gasteiger partial charge in [0.1, 0.15) is 0 Å². The van der Waals surface area contributed by atoms with Crippen LogP contribution < -0.4 is 0 Å². The van der Waals surface area contributed by atoms with Crippen LogP contribution in [0.4, 0.5) is 0 Å². The summed E-state index contributed by atoms with van der Waals surface area (Å²) in [6.07, 6.45) is 0. The van der Waals surface area contributed by atoms with Gasteiger partial charge in [0.15, 0.2) is 0 Å². The molecule has 0 saturated heterocycles. The lowest BCUT2D eigenvalue weighted by Crippen LogP contribution is -2.32. The minimum absolute atomic E-state index is 0. The first-order chi connectivity index (χ1) is 6.58. The van der Waals surface area contributed by atoms with Crippen LogP contribution in [0.2, 0.25) is 0 Å². The maximum Gasteiger partial charge on any atom is 0.299 e. The lowest BCUT2D eigenvalue weighted by molar-refractivity contribution is 0.136. The summed E-state index contributed by atoms with van der Waals surface area (Å²) >= 11 is -2.61. The van der Waals surface area contributed by atoms with Gasteiger partial charge in [0.25, 0.3) is 11.4 Å². The molecule has 0 fully saturated rings. The Labute approximate surface area is 97.2 Å². The summed E-state index contributed by atoms with van der Waals surface area (Å²) in [7, 11) is 0. The number of rotatable bonds is 6. The van der Waals surface area contributed by atoms with Gasteiger partial charge in [-0.15, -0.1) is 12.4 Å². The molecule has 0 aromatic carbocycles. The van der Waals surface area contributed by atoms with Crippen molar-refractivity contribution in [3.8, 4) is 0 Å². The Morgan fingerprint density at radius 1 is 0.867 bits per heavy atom. The number of halogens is 1. The molecule has 0 heterocycles. The van der Waals surface area contributed by atoms with E-state index in [0.29, 0.717) is 19.6 Å². The molecule has 0 aliphatic rings. The van der Waals surface area contributed by atoms with Crippen LogP contribution in [0.25, 0.3) is 0 Å². The van der Waals surface area contributed by atoms with Crippen molar-refractivity contribution in [2.24, 2.45) is 0 Å². The minimum Gasteiger partial charge on any atom is -0.395 e. The van der Waals surface area contributed by atoms with Crippen LogP contribution in [-0.4, -0.2) is 73.0 Å². The van der Waals surface area contributed by atoms with Gasteiger partial charge in [-0.3, -0.25) is 14.0 Å². The zero-order valence-corrected chi connectivity index (χ0v) is 9.78. The van der Waals surface area contributed by atoms with Gasteiger partial charge in [0, 0.05) is 19.6 Å². The molecule has 0 aromatic heterocycles. The summed E-state index contributed by atoms with van der Waals surface area (Å²) in [5.74, 6) is 0. The Morgan fingerprint density at radius 2 is 1.07 bits per heavy atom. The molecule has 9 heteroatoms. The molecule has 0 atom stereocenters. The predicted molar refractivity (Wildman–Crippen MR) is 58.3 cm³/mol. The molecule has 7 nitrogen and oxygen atoms in total. The zero-order chi connectivity index (χ0) is 11.4. The van der Waals surface area contributed by atoms with E-state index in [4.69, 9.17) is 28.6 Å². The van der Waals surface area contributed by atoms with Crippen molar-refractivity contribution in [2.45, 2.75) is 0 Å². The van der Waals surface area contributed by atoms with Gasteiger partial charge in [-0.1, -0.05) is 0 Å². The third-order valence-corrected chi connectivity index (χ3v) is 1.25. The van der Waals surface area contributed by atoms with Crippen molar-refractivity contribution in [1.29, 1.82) is 0 Å². The van der Waals surface area contributed by atoms with E-state index in [1.54, 1.807) is 4.90 Å². The Hall–Kier alpha value is 0.200. The van der Waals surface area contributed by atoms with Gasteiger partial charge in [-0.05, 0) is 0 Å². The van der Waals surface area contributed by atoms with Crippen molar-refractivity contribution >= 4 is 23.8 Å². The summed E-state index contributed by atoms with van der Waals surface area (Å²) in [6.45, 7) is 1.75. The van der Waals surface area contributed by atoms with Gasteiger partial charge in [-0.25, -0.2) is 0 Å². The molecule has 0 saturated carbocycles. The summed E-state index contributed by atoms with van der Waals surface area (Å²) in [6, 6.07) is 0. The Morgan fingerprint density at radius 3 is 1.20 bits per heavy atom. The molecule has 0 spiro atoms. The van der Waals surface area contributed by atoms with Crippen molar-refractivity contribution in [3.05, 3.63) is 0 Å². The van der Waals surface area contributed by atoms with Crippen LogP contribution in [0.1, 0.15) is 0 Å². The second-order valence-electron chi connectivity index (χ2n) is 2.24. The number of aliphatic hydroxyl groups is 3. The maximum atomic E-state index is 8.67. The lowest BCUT2D eigenvalue weighted by Gasteiger charge is -2.17. The fourth-order valence-corrected chi connectivity index (χ4v) is 0.760. The van der Waals surface area contributed by atoms with Crippen LogP contribution in [0.3, 0.4) is 0 Å². The minimum atomic E-state index is -2.61. The first-order valence-corrected chi connectivity index (χ1v) is 4.99. The average molecular weight is 268 g/mol. The topological polar surface area (TPSA) is 121 Å². The summed E-state index contributed by atoms with van der Waals surface area (Å²) in [5.41, 5.74) is 0. The second kappa shape index (κ2) is 16.6. The molecule has 0 aromatic rings. The molecule has 15 heavy (non-hydrogen) atoms. The van der Waals surface area contributed by atoms with Crippen LogP contribution in [0.15, 0.2) is 0 Å². The molecular formula is C6H18ClNO6S. The highest BCUT2D eigenvalue weighted by atomic mass is 35.5. The van der Waals surface area contributed by atoms with E-state index in [2.05, 4.69) is 0 Å². The quantitative estimate of drug-likeness (QED) is 0.366. The monoisotopic (exact) mass is 267 g/mol. The molecule has 5 N–H and O–H groups in total. The zero-order valence-electron chi connectivity index (χ0n) is 8.15. The molecule has 0 rings (SSSR count). The van der Waals surface area contributed by atoms with E-state index < -0.39 is 11.4 Å². The third kappa shape index (κ3) is 25.0. The van der Waals surface area contributed by atoms with Crippen LogP contribution >= 0.6 is 12.4 Å². The number of hydrogen-bond donors (Lipinski definition) is 5. The fourth-order valence-electron chi connectivity index (χ4n) is 0.760. The standard InChI is InChI=1S/C6H15NO3.ClH.H2O3S/c8-4-1-7(2-5-9)3-6-10;;1-4(2)3/h8-10H,1-6H2;1H;(H2,1,2,3). The molecule has 0 radical (unpaired) electrons. The highest BCUT2D eigenvalue weighted by Gasteiger charge is 2.00. The maximum absolute atomic E-state index is 8.67. The van der Waals surface area contributed by atoms with E-state index in [1.165, 1.54) is 0 Å². The first-order valence-electron chi connectivity index (χ1n) is 3.93. The molecule has 0 aliphatic heterocycles. The van der Waals surface area contributed by atoms with Crippen molar-refractivity contribution < 1.29 is 28.6 Å². The lowest BCUT2D eigenvalue weighted by atomic mass is 10.4. The third-order valence-electron chi connectivity index (χ3n) is 1.25. The smallest absolute Gasteiger partial charge is 0.299 e. The summed E-state index contributed by atoms with van der Waals surface area (Å²) in [5, 5.41) is 25.5. The second-order valence-corrected chi connectivity index (χ2v) is 2.70. The molecule has 96 valence electrons. The molecular weight excluding hydrogens is 250 g/mol. The van der Waals surface area contributed by atoms with E-state index in [0.717, 1.165) is 0 Å². The van der Waals surface area contributed by atoms with Crippen LogP contribution in [0.5, 0.6) is 0 Å². The average Bonchev–Trinajstić information content (AvgIpc) is 2.04. The van der Waals surface area contributed by atoms with Gasteiger partial charge < -0.3 is 15.3 Å². The van der Waals surface area contributed by atoms with Gasteiger partial charge in [0.05, 0.1) is 19.8 Å². The number of nitrogens with zero attached hydrogens (tertiary/aromatic N) is 1. The van der Waals surface area contributed by atoms with Crippen LogP contribution in [0, 0.1) is 0 Å². The highest BCUT2D eigenvalue weighted by molar-refractivity contribution is 7.73. The summed E-state index contributed by atoms with van der Waals surface area (Å²) in [4.78, 5) is 1.79. The van der Waals surface area contributed by atoms with Gasteiger partial charge >= 0.3 is 0 Å². The molecule has 0 unspecified atom stereocenters. The van der Waals surface area contributed by atoms with E-state index in [-0.39, 0.29) is 32.2 Å². The largest absolute Gasteiger partial charge is 0.395 e. The van der Waals surface area contributed by atoms with Crippen molar-refractivity contribution in [2.75, 3.05) is 39.5 Å². The van der Waals surface area contributed by atoms with Crippen molar-refractivity contribution in [3.63, 3.8) is 0 Å². The molecule has 0 aliphatic carbocycles.